The van der Waals surface area contributed by atoms with Gasteiger partial charge in [0.25, 0.3) is 0 Å². The molecule has 0 amide bonds. The van der Waals surface area contributed by atoms with E-state index < -0.39 is 0 Å². The zero-order chi connectivity index (χ0) is 20.4. The molecule has 0 radical (unpaired) electrons. The number of fused-ring (bicyclic) bond motifs is 1. The van der Waals surface area contributed by atoms with Crippen LogP contribution in [0.1, 0.15) is 80.7 Å². The highest BCUT2D eigenvalue weighted by molar-refractivity contribution is 5.68. The fourth-order valence-electron chi connectivity index (χ4n) is 6.23. The Labute approximate surface area is 181 Å². The van der Waals surface area contributed by atoms with Gasteiger partial charge in [0.05, 0.1) is 5.60 Å². The number of hydrogen-bond acceptors (Lipinski definition) is 3. The van der Waals surface area contributed by atoms with Gasteiger partial charge in [-0.3, -0.25) is 4.98 Å². The van der Waals surface area contributed by atoms with Crippen molar-refractivity contribution in [3.63, 3.8) is 0 Å². The summed E-state index contributed by atoms with van der Waals surface area (Å²) in [6.07, 6.45) is 12.5. The third-order valence-electron chi connectivity index (χ3n) is 7.82. The highest BCUT2D eigenvalue weighted by atomic mass is 16.5. The smallest absolute Gasteiger partial charge is 0.0691 e. The highest BCUT2D eigenvalue weighted by Gasteiger charge is 2.48. The van der Waals surface area contributed by atoms with Crippen LogP contribution in [0.2, 0.25) is 0 Å². The molecule has 1 aromatic carbocycles. The van der Waals surface area contributed by atoms with E-state index >= 15 is 0 Å². The molecule has 1 unspecified atom stereocenters. The van der Waals surface area contributed by atoms with Crippen LogP contribution in [0.5, 0.6) is 0 Å². The zero-order valence-electron chi connectivity index (χ0n) is 18.0. The number of nitrogens with zero attached hydrogens (tertiary/aromatic N) is 1. The summed E-state index contributed by atoms with van der Waals surface area (Å²) >= 11 is 0. The molecule has 3 heteroatoms. The molecule has 1 N–H and O–H groups in total. The fourth-order valence-corrected chi connectivity index (χ4v) is 6.23. The number of nitrogens with one attached hydrogen (secondary N) is 1. The Hall–Kier alpha value is -1.97. The van der Waals surface area contributed by atoms with E-state index in [-0.39, 0.29) is 11.0 Å². The maximum absolute atomic E-state index is 6.40. The zero-order valence-corrected chi connectivity index (χ0v) is 18.0. The average Bonchev–Trinajstić information content (AvgIpc) is 3.23. The molecular weight excluding hydrogens is 368 g/mol. The van der Waals surface area contributed by atoms with Crippen molar-refractivity contribution in [2.24, 2.45) is 0 Å². The van der Waals surface area contributed by atoms with E-state index in [0.717, 1.165) is 45.3 Å². The Bertz CT molecular complexity index is 887. The van der Waals surface area contributed by atoms with Crippen molar-refractivity contribution in [1.82, 2.24) is 10.3 Å². The predicted octanol–water partition coefficient (Wildman–Crippen LogP) is 5.97. The van der Waals surface area contributed by atoms with Crippen LogP contribution >= 0.6 is 0 Å². The van der Waals surface area contributed by atoms with Crippen molar-refractivity contribution < 1.29 is 4.74 Å². The molecule has 2 atom stereocenters. The molecule has 1 saturated heterocycles. The lowest BCUT2D eigenvalue weighted by Crippen LogP contribution is -2.47. The van der Waals surface area contributed by atoms with Gasteiger partial charge in [-0.1, -0.05) is 49.8 Å². The van der Waals surface area contributed by atoms with Crippen LogP contribution in [-0.2, 0) is 10.2 Å². The molecule has 158 valence electrons. The first-order chi connectivity index (χ1) is 14.7. The summed E-state index contributed by atoms with van der Waals surface area (Å²) in [7, 11) is 0. The van der Waals surface area contributed by atoms with Crippen LogP contribution in [-0.4, -0.2) is 23.7 Å². The molecule has 2 heterocycles. The Morgan fingerprint density at radius 2 is 1.90 bits per heavy atom. The van der Waals surface area contributed by atoms with Crippen LogP contribution in [0.4, 0.5) is 0 Å². The van der Waals surface area contributed by atoms with Gasteiger partial charge in [0.15, 0.2) is 0 Å². The minimum atomic E-state index is 0.0882. The van der Waals surface area contributed by atoms with Gasteiger partial charge in [0.2, 0.25) is 0 Å². The second kappa shape index (κ2) is 8.28. The van der Waals surface area contributed by atoms with Gasteiger partial charge in [-0.2, -0.15) is 0 Å². The van der Waals surface area contributed by atoms with Crippen molar-refractivity contribution >= 4 is 5.57 Å². The molecule has 30 heavy (non-hydrogen) atoms. The lowest BCUT2D eigenvalue weighted by Gasteiger charge is -2.46. The SMILES string of the molecule is C=C1CC[C@H](NCCC2(c3ccccn3)CCOC3(CCCC3)C2)c2ccccc21. The summed E-state index contributed by atoms with van der Waals surface area (Å²) < 4.78 is 6.40. The minimum Gasteiger partial charge on any atom is -0.375 e. The Balaban J connectivity index is 1.34. The van der Waals surface area contributed by atoms with E-state index in [9.17, 15) is 0 Å². The second-order valence-corrected chi connectivity index (χ2v) is 9.65. The quantitative estimate of drug-likeness (QED) is 0.669. The van der Waals surface area contributed by atoms with Gasteiger partial charge >= 0.3 is 0 Å². The highest BCUT2D eigenvalue weighted by Crippen LogP contribution is 2.49. The number of aromatic nitrogens is 1. The first-order valence-electron chi connectivity index (χ1n) is 11.8. The van der Waals surface area contributed by atoms with E-state index in [1.807, 2.05) is 12.3 Å². The largest absolute Gasteiger partial charge is 0.375 e. The van der Waals surface area contributed by atoms with E-state index in [1.54, 1.807) is 0 Å². The number of allylic oxidation sites excluding steroid dienone is 1. The molecule has 2 aliphatic carbocycles. The third kappa shape index (κ3) is 3.74. The molecule has 2 fully saturated rings. The molecule has 2 aromatic rings. The topological polar surface area (TPSA) is 34.2 Å². The normalized spacial score (nSPS) is 27.9. The van der Waals surface area contributed by atoms with Crippen LogP contribution in [0, 0.1) is 0 Å². The van der Waals surface area contributed by atoms with Crippen LogP contribution < -0.4 is 5.32 Å². The van der Waals surface area contributed by atoms with Crippen molar-refractivity contribution in [2.75, 3.05) is 13.2 Å². The molecule has 1 aromatic heterocycles. The summed E-state index contributed by atoms with van der Waals surface area (Å²) in [5.41, 5.74) is 5.51. The molecular formula is C27H34N2O. The standard InChI is InChI=1S/C27H34N2O/c1-21-11-12-24(23-9-3-2-8-22(21)23)28-18-15-26(25-10-4-7-17-29-25)16-19-30-27(20-26)13-5-6-14-27/h2-4,7-10,17,24,28H,1,5-6,11-16,18-20H2/t24-,26?/m0/s1. The molecule has 0 bridgehead atoms. The number of hydrogen-bond donors (Lipinski definition) is 1. The van der Waals surface area contributed by atoms with E-state index in [1.165, 1.54) is 48.1 Å². The van der Waals surface area contributed by atoms with Gasteiger partial charge < -0.3 is 10.1 Å². The van der Waals surface area contributed by atoms with Crippen LogP contribution in [0.25, 0.3) is 5.57 Å². The Kier molecular flexibility index (Phi) is 5.51. The van der Waals surface area contributed by atoms with E-state index in [4.69, 9.17) is 9.72 Å². The predicted molar refractivity (Wildman–Crippen MR) is 122 cm³/mol. The monoisotopic (exact) mass is 402 g/mol. The lowest BCUT2D eigenvalue weighted by atomic mass is 9.68. The van der Waals surface area contributed by atoms with Crippen molar-refractivity contribution in [3.05, 3.63) is 72.1 Å². The van der Waals surface area contributed by atoms with Gasteiger partial charge in [0, 0.05) is 30.0 Å². The molecule has 3 aliphatic rings. The maximum Gasteiger partial charge on any atom is 0.0691 e. The molecule has 5 rings (SSSR count). The Morgan fingerprint density at radius 3 is 2.73 bits per heavy atom. The summed E-state index contributed by atoms with van der Waals surface area (Å²) in [5.74, 6) is 0. The molecule has 3 nitrogen and oxygen atoms in total. The molecule has 1 aliphatic heterocycles. The lowest BCUT2D eigenvalue weighted by molar-refractivity contribution is -0.104. The van der Waals surface area contributed by atoms with Gasteiger partial charge in [-0.05, 0) is 80.3 Å². The van der Waals surface area contributed by atoms with E-state index in [0.29, 0.717) is 6.04 Å². The summed E-state index contributed by atoms with van der Waals surface area (Å²) in [5, 5.41) is 3.91. The minimum absolute atomic E-state index is 0.0882. The summed E-state index contributed by atoms with van der Waals surface area (Å²) in [4.78, 5) is 4.85. The van der Waals surface area contributed by atoms with E-state index in [2.05, 4.69) is 48.3 Å². The molecule has 1 saturated carbocycles. The number of ether oxygens (including phenoxy) is 1. The third-order valence-corrected chi connectivity index (χ3v) is 7.82. The maximum atomic E-state index is 6.40. The first kappa shape index (κ1) is 20.0. The fraction of sp³-hybridized carbons (Fsp3) is 0.519. The van der Waals surface area contributed by atoms with Gasteiger partial charge in [-0.25, -0.2) is 0 Å². The Morgan fingerprint density at radius 1 is 1.07 bits per heavy atom. The van der Waals surface area contributed by atoms with Gasteiger partial charge in [-0.15, -0.1) is 0 Å². The molecule has 1 spiro atoms. The van der Waals surface area contributed by atoms with Crippen LogP contribution in [0.15, 0.2) is 55.2 Å². The van der Waals surface area contributed by atoms with Crippen molar-refractivity contribution in [1.29, 1.82) is 0 Å². The summed E-state index contributed by atoms with van der Waals surface area (Å²) in [6.45, 7) is 6.16. The van der Waals surface area contributed by atoms with Crippen molar-refractivity contribution in [3.8, 4) is 0 Å². The van der Waals surface area contributed by atoms with Crippen molar-refractivity contribution in [2.45, 2.75) is 74.8 Å². The average molecular weight is 403 g/mol. The second-order valence-electron chi connectivity index (χ2n) is 9.65. The summed E-state index contributed by atoms with van der Waals surface area (Å²) in [6, 6.07) is 15.6. The number of pyridine rings is 1. The van der Waals surface area contributed by atoms with Crippen LogP contribution in [0.3, 0.4) is 0 Å². The number of benzene rings is 1. The number of rotatable bonds is 5. The first-order valence-corrected chi connectivity index (χ1v) is 11.8. The van der Waals surface area contributed by atoms with Gasteiger partial charge in [0.1, 0.15) is 0 Å².